The lowest BCUT2D eigenvalue weighted by Gasteiger charge is -2.56. The largest absolute Gasteiger partial charge is 0.493 e. The number of carbonyl (C=O) groups is 1. The first-order valence-electron chi connectivity index (χ1n) is 9.53. The number of ether oxygens (including phenoxy) is 2. The van der Waals surface area contributed by atoms with E-state index in [4.69, 9.17) is 9.47 Å². The van der Waals surface area contributed by atoms with Crippen LogP contribution in [0.2, 0.25) is 0 Å². The molecule has 0 unspecified atom stereocenters. The molecule has 0 heterocycles. The topological polar surface area (TPSA) is 72.0 Å². The molecule has 0 saturated heterocycles. The highest BCUT2D eigenvalue weighted by atomic mass is 79.9. The zero-order chi connectivity index (χ0) is 19.0. The summed E-state index contributed by atoms with van der Waals surface area (Å²) in [6.07, 6.45) is 9.04. The number of halogens is 1. The molecule has 0 aromatic heterocycles. The van der Waals surface area contributed by atoms with E-state index in [2.05, 4.69) is 31.8 Å². The molecular weight excluding hydrogens is 410 g/mol. The fourth-order valence-electron chi connectivity index (χ4n) is 5.71. The van der Waals surface area contributed by atoms with Gasteiger partial charge in [0.05, 0.1) is 24.9 Å². The second-order valence-electron chi connectivity index (χ2n) is 8.26. The van der Waals surface area contributed by atoms with Crippen molar-refractivity contribution < 1.29 is 14.3 Å². The van der Waals surface area contributed by atoms with Gasteiger partial charge in [-0.2, -0.15) is 5.10 Å². The fraction of sp³-hybridized carbons (Fsp3) is 0.600. The lowest BCUT2D eigenvalue weighted by atomic mass is 9.53. The van der Waals surface area contributed by atoms with Crippen LogP contribution in [0.3, 0.4) is 0 Å². The van der Waals surface area contributed by atoms with Gasteiger partial charge in [-0.3, -0.25) is 0 Å². The molecule has 4 fully saturated rings. The Kier molecular flexibility index (Phi) is 5.05. The maximum atomic E-state index is 12.4. The first kappa shape index (κ1) is 18.6. The zero-order valence-corrected chi connectivity index (χ0v) is 17.3. The quantitative estimate of drug-likeness (QED) is 0.540. The third-order valence-corrected chi connectivity index (χ3v) is 6.84. The number of nitrogens with one attached hydrogen (secondary N) is 2. The molecular formula is C20H26BrN3O3. The molecule has 6 nitrogen and oxygen atoms in total. The van der Waals surface area contributed by atoms with Crippen molar-refractivity contribution in [3.63, 3.8) is 0 Å². The predicted molar refractivity (Wildman–Crippen MR) is 107 cm³/mol. The van der Waals surface area contributed by atoms with E-state index in [0.717, 1.165) is 47.1 Å². The first-order valence-corrected chi connectivity index (χ1v) is 10.3. The maximum absolute atomic E-state index is 12.4. The van der Waals surface area contributed by atoms with Gasteiger partial charge < -0.3 is 14.8 Å². The Morgan fingerprint density at radius 2 is 1.78 bits per heavy atom. The third kappa shape index (κ3) is 3.79. The predicted octanol–water partition coefficient (Wildman–Crippen LogP) is 4.07. The second-order valence-corrected chi connectivity index (χ2v) is 9.11. The number of urea groups is 1. The van der Waals surface area contributed by atoms with E-state index in [1.165, 1.54) is 19.3 Å². The van der Waals surface area contributed by atoms with E-state index in [1.807, 2.05) is 12.1 Å². The highest BCUT2D eigenvalue weighted by molar-refractivity contribution is 9.10. The molecule has 1 aromatic carbocycles. The Morgan fingerprint density at radius 3 is 2.33 bits per heavy atom. The summed E-state index contributed by atoms with van der Waals surface area (Å²) in [5.41, 5.74) is 3.41. The minimum absolute atomic E-state index is 0.0132. The van der Waals surface area contributed by atoms with Crippen molar-refractivity contribution >= 4 is 28.2 Å². The molecule has 1 aromatic rings. The van der Waals surface area contributed by atoms with Gasteiger partial charge in [-0.1, -0.05) is 0 Å². The Bertz CT molecular complexity index is 730. The second kappa shape index (κ2) is 7.34. The van der Waals surface area contributed by atoms with Gasteiger partial charge in [0, 0.05) is 5.54 Å². The maximum Gasteiger partial charge on any atom is 0.335 e. The lowest BCUT2D eigenvalue weighted by molar-refractivity contribution is -0.0135. The molecule has 0 atom stereocenters. The molecule has 4 aliphatic rings. The van der Waals surface area contributed by atoms with Crippen LogP contribution in [-0.2, 0) is 0 Å². The number of hydrazone groups is 1. The third-order valence-electron chi connectivity index (χ3n) is 6.25. The number of hydrogen-bond donors (Lipinski definition) is 2. The summed E-state index contributed by atoms with van der Waals surface area (Å²) in [4.78, 5) is 12.4. The van der Waals surface area contributed by atoms with Crippen LogP contribution >= 0.6 is 15.9 Å². The molecule has 0 spiro atoms. The molecule has 0 aliphatic heterocycles. The monoisotopic (exact) mass is 435 g/mol. The van der Waals surface area contributed by atoms with E-state index in [-0.39, 0.29) is 11.6 Å². The molecule has 4 bridgehead atoms. The fourth-order valence-corrected chi connectivity index (χ4v) is 6.33. The summed E-state index contributed by atoms with van der Waals surface area (Å²) in [6, 6.07) is 3.46. The molecule has 27 heavy (non-hydrogen) atoms. The summed E-state index contributed by atoms with van der Waals surface area (Å²) in [6.45, 7) is 0. The van der Waals surface area contributed by atoms with Crippen molar-refractivity contribution in [1.82, 2.24) is 10.7 Å². The summed E-state index contributed by atoms with van der Waals surface area (Å²) in [5, 5.41) is 7.35. The number of amides is 2. The summed E-state index contributed by atoms with van der Waals surface area (Å²) < 4.78 is 11.4. The van der Waals surface area contributed by atoms with Crippen LogP contribution < -0.4 is 20.2 Å². The highest BCUT2D eigenvalue weighted by Crippen LogP contribution is 2.55. The SMILES string of the molecule is COc1cc(/C=N/NC(=O)NC23CC4CC(CC(C4)C2)C3)cc(Br)c1OC. The van der Waals surface area contributed by atoms with Crippen molar-refractivity contribution in [1.29, 1.82) is 0 Å². The van der Waals surface area contributed by atoms with Gasteiger partial charge in [0.1, 0.15) is 0 Å². The Morgan fingerprint density at radius 1 is 1.15 bits per heavy atom. The average molecular weight is 436 g/mol. The smallest absolute Gasteiger partial charge is 0.335 e. The molecule has 146 valence electrons. The van der Waals surface area contributed by atoms with Crippen molar-refractivity contribution in [3.8, 4) is 11.5 Å². The van der Waals surface area contributed by atoms with Crippen LogP contribution in [0.4, 0.5) is 4.79 Å². The summed E-state index contributed by atoms with van der Waals surface area (Å²) >= 11 is 3.46. The van der Waals surface area contributed by atoms with Crippen molar-refractivity contribution in [3.05, 3.63) is 22.2 Å². The average Bonchev–Trinajstić information content (AvgIpc) is 2.59. The van der Waals surface area contributed by atoms with Crippen molar-refractivity contribution in [2.75, 3.05) is 14.2 Å². The van der Waals surface area contributed by atoms with Gasteiger partial charge in [-0.25, -0.2) is 10.2 Å². The molecule has 0 radical (unpaired) electrons. The van der Waals surface area contributed by atoms with E-state index in [1.54, 1.807) is 20.4 Å². The van der Waals surface area contributed by atoms with Gasteiger partial charge >= 0.3 is 6.03 Å². The van der Waals surface area contributed by atoms with Crippen LogP contribution in [0.1, 0.15) is 44.1 Å². The van der Waals surface area contributed by atoms with E-state index in [0.29, 0.717) is 11.5 Å². The Labute approximate surface area is 168 Å². The first-order chi connectivity index (χ1) is 13.0. The van der Waals surface area contributed by atoms with Crippen LogP contribution in [0, 0.1) is 17.8 Å². The number of carbonyl (C=O) groups excluding carboxylic acids is 1. The van der Waals surface area contributed by atoms with Crippen molar-refractivity contribution in [2.24, 2.45) is 22.9 Å². The van der Waals surface area contributed by atoms with Crippen LogP contribution in [-0.4, -0.2) is 32.0 Å². The van der Waals surface area contributed by atoms with Gasteiger partial charge in [0.2, 0.25) is 0 Å². The summed E-state index contributed by atoms with van der Waals surface area (Å²) in [5.74, 6) is 3.62. The lowest BCUT2D eigenvalue weighted by Crippen LogP contribution is -2.61. The minimum Gasteiger partial charge on any atom is -0.493 e. The molecule has 7 heteroatoms. The number of rotatable bonds is 5. The van der Waals surface area contributed by atoms with Crippen molar-refractivity contribution in [2.45, 2.75) is 44.1 Å². The Balaban J connectivity index is 1.38. The van der Waals surface area contributed by atoms with Gasteiger partial charge in [0.25, 0.3) is 0 Å². The zero-order valence-electron chi connectivity index (χ0n) is 15.8. The minimum atomic E-state index is -0.215. The molecule has 5 rings (SSSR count). The van der Waals surface area contributed by atoms with Gasteiger partial charge in [0.15, 0.2) is 11.5 Å². The molecule has 2 N–H and O–H groups in total. The number of methoxy groups -OCH3 is 2. The van der Waals surface area contributed by atoms with Crippen LogP contribution in [0.15, 0.2) is 21.7 Å². The number of benzene rings is 1. The van der Waals surface area contributed by atoms with Crippen LogP contribution in [0.5, 0.6) is 11.5 Å². The van der Waals surface area contributed by atoms with Gasteiger partial charge in [-0.05, 0) is 89.9 Å². The normalized spacial score (nSPS) is 31.1. The molecule has 4 saturated carbocycles. The standard InChI is InChI=1S/C20H26BrN3O3/c1-26-17-7-15(6-16(21)18(17)27-2)11-22-24-19(25)23-20-8-12-3-13(9-20)5-14(4-12)10-20/h6-7,11-14H,3-5,8-10H2,1-2H3,(H2,23,24,25)/b22-11+. The van der Waals surface area contributed by atoms with E-state index < -0.39 is 0 Å². The van der Waals surface area contributed by atoms with Crippen LogP contribution in [0.25, 0.3) is 0 Å². The number of hydrogen-bond acceptors (Lipinski definition) is 4. The Hall–Kier alpha value is -1.76. The molecule has 2 amide bonds. The van der Waals surface area contributed by atoms with E-state index >= 15 is 0 Å². The number of nitrogens with zero attached hydrogens (tertiary/aromatic N) is 1. The highest BCUT2D eigenvalue weighted by Gasteiger charge is 2.51. The summed E-state index contributed by atoms with van der Waals surface area (Å²) in [7, 11) is 3.18. The van der Waals surface area contributed by atoms with Gasteiger partial charge in [-0.15, -0.1) is 0 Å². The van der Waals surface area contributed by atoms with E-state index in [9.17, 15) is 4.79 Å². The molecule has 4 aliphatic carbocycles.